The second-order valence-corrected chi connectivity index (χ2v) is 6.30. The average Bonchev–Trinajstić information content (AvgIpc) is 2.36. The summed E-state index contributed by atoms with van der Waals surface area (Å²) in [6, 6.07) is 4.24. The van der Waals surface area contributed by atoms with Gasteiger partial charge in [0.1, 0.15) is 5.82 Å². The largest absolute Gasteiger partial charge is 0.370 e. The summed E-state index contributed by atoms with van der Waals surface area (Å²) in [6.45, 7) is 10.6. The Kier molecular flexibility index (Phi) is 6.29. The lowest BCUT2D eigenvalue weighted by Crippen LogP contribution is -2.18. The molecule has 0 bridgehead atoms. The molecule has 19 heavy (non-hydrogen) atoms. The van der Waals surface area contributed by atoms with Crippen molar-refractivity contribution in [1.82, 2.24) is 4.98 Å². The Morgan fingerprint density at radius 2 is 2.00 bits per heavy atom. The molecule has 0 aliphatic heterocycles. The molecule has 3 N–H and O–H groups in total. The number of nitrogens with two attached hydrogens (primary N) is 1. The third kappa shape index (κ3) is 5.60. The van der Waals surface area contributed by atoms with Gasteiger partial charge in [-0.3, -0.25) is 0 Å². The number of nitrogens with zero attached hydrogens (tertiary/aromatic N) is 1. The van der Waals surface area contributed by atoms with Crippen molar-refractivity contribution in [3.63, 3.8) is 0 Å². The van der Waals surface area contributed by atoms with Crippen molar-refractivity contribution in [2.75, 3.05) is 18.4 Å². The molecule has 1 aromatic heterocycles. The minimum atomic E-state index is 0.163. The molecule has 0 spiro atoms. The molecule has 3 heteroatoms. The highest BCUT2D eigenvalue weighted by molar-refractivity contribution is 5.37. The number of hydrogen-bond donors (Lipinski definition) is 2. The van der Waals surface area contributed by atoms with Crippen molar-refractivity contribution in [3.8, 4) is 0 Å². The van der Waals surface area contributed by atoms with E-state index in [1.54, 1.807) is 0 Å². The van der Waals surface area contributed by atoms with Crippen LogP contribution in [0, 0.1) is 5.92 Å². The van der Waals surface area contributed by atoms with Crippen molar-refractivity contribution < 1.29 is 0 Å². The summed E-state index contributed by atoms with van der Waals surface area (Å²) in [5.41, 5.74) is 7.08. The Morgan fingerprint density at radius 3 is 2.47 bits per heavy atom. The molecule has 0 aliphatic rings. The molecule has 0 radical (unpaired) electrons. The van der Waals surface area contributed by atoms with E-state index in [1.807, 2.05) is 6.20 Å². The predicted molar refractivity (Wildman–Crippen MR) is 83.5 cm³/mol. The second kappa shape index (κ2) is 7.49. The zero-order chi connectivity index (χ0) is 14.3. The normalized spacial score (nSPS) is 13.3. The number of anilines is 1. The van der Waals surface area contributed by atoms with E-state index < -0.39 is 0 Å². The Balaban J connectivity index is 2.53. The lowest BCUT2D eigenvalue weighted by molar-refractivity contribution is 0.473. The van der Waals surface area contributed by atoms with E-state index in [0.29, 0.717) is 5.92 Å². The van der Waals surface area contributed by atoms with Crippen LogP contribution in [0.3, 0.4) is 0 Å². The van der Waals surface area contributed by atoms with Crippen molar-refractivity contribution in [2.45, 2.75) is 52.4 Å². The van der Waals surface area contributed by atoms with Gasteiger partial charge < -0.3 is 11.1 Å². The Bertz CT molecular complexity index is 345. The molecule has 108 valence electrons. The highest BCUT2D eigenvalue weighted by Crippen LogP contribution is 2.22. The summed E-state index contributed by atoms with van der Waals surface area (Å²) in [4.78, 5) is 4.49. The van der Waals surface area contributed by atoms with Crippen LogP contribution in [0.2, 0.25) is 0 Å². The summed E-state index contributed by atoms with van der Waals surface area (Å²) in [5.74, 6) is 1.62. The van der Waals surface area contributed by atoms with Gasteiger partial charge in [0.25, 0.3) is 0 Å². The topological polar surface area (TPSA) is 50.9 Å². The third-order valence-corrected chi connectivity index (χ3v) is 3.47. The van der Waals surface area contributed by atoms with E-state index in [2.05, 4.69) is 50.1 Å². The van der Waals surface area contributed by atoms with E-state index in [4.69, 9.17) is 5.73 Å². The highest BCUT2D eigenvalue weighted by atomic mass is 15.0. The molecule has 0 saturated heterocycles. The van der Waals surface area contributed by atoms with Gasteiger partial charge in [-0.2, -0.15) is 0 Å². The maximum Gasteiger partial charge on any atom is 0.125 e. The molecule has 1 aromatic rings. The fraction of sp³-hybridized carbons (Fsp3) is 0.688. The van der Waals surface area contributed by atoms with Crippen LogP contribution in [0.1, 0.15) is 52.5 Å². The van der Waals surface area contributed by atoms with Gasteiger partial charge >= 0.3 is 0 Å². The molecule has 1 rings (SSSR count). The average molecular weight is 263 g/mol. The van der Waals surface area contributed by atoms with Crippen LogP contribution in [0.15, 0.2) is 18.3 Å². The number of pyridine rings is 1. The molecule has 0 saturated carbocycles. The summed E-state index contributed by atoms with van der Waals surface area (Å²) in [6.07, 6.45) is 5.49. The fourth-order valence-corrected chi connectivity index (χ4v) is 2.18. The molecule has 0 aliphatic carbocycles. The van der Waals surface area contributed by atoms with Crippen molar-refractivity contribution in [3.05, 3.63) is 23.9 Å². The van der Waals surface area contributed by atoms with Crippen LogP contribution in [-0.2, 0) is 5.41 Å². The molecule has 0 aromatic carbocycles. The minimum Gasteiger partial charge on any atom is -0.370 e. The maximum absolute atomic E-state index is 5.65. The van der Waals surface area contributed by atoms with Crippen LogP contribution in [0.25, 0.3) is 0 Å². The smallest absolute Gasteiger partial charge is 0.125 e. The van der Waals surface area contributed by atoms with Gasteiger partial charge in [0.2, 0.25) is 0 Å². The Labute approximate surface area is 118 Å². The van der Waals surface area contributed by atoms with E-state index in [1.165, 1.54) is 18.4 Å². The van der Waals surface area contributed by atoms with Gasteiger partial charge in [0.15, 0.2) is 0 Å². The fourth-order valence-electron chi connectivity index (χ4n) is 2.18. The number of nitrogens with one attached hydrogen (secondary N) is 1. The Morgan fingerprint density at radius 1 is 1.26 bits per heavy atom. The summed E-state index contributed by atoms with van der Waals surface area (Å²) in [7, 11) is 0. The van der Waals surface area contributed by atoms with E-state index in [0.717, 1.165) is 25.3 Å². The highest BCUT2D eigenvalue weighted by Gasteiger charge is 2.13. The first kappa shape index (κ1) is 16.0. The predicted octanol–water partition coefficient (Wildman–Crippen LogP) is 3.56. The first-order chi connectivity index (χ1) is 8.97. The van der Waals surface area contributed by atoms with Gasteiger partial charge in [-0.25, -0.2) is 4.98 Å². The summed E-state index contributed by atoms with van der Waals surface area (Å²) >= 11 is 0. The van der Waals surface area contributed by atoms with E-state index >= 15 is 0 Å². The molecule has 1 atom stereocenters. The lowest BCUT2D eigenvalue weighted by Gasteiger charge is -2.19. The van der Waals surface area contributed by atoms with Crippen LogP contribution in [0.4, 0.5) is 5.82 Å². The number of hydrogen-bond acceptors (Lipinski definition) is 3. The summed E-state index contributed by atoms with van der Waals surface area (Å²) < 4.78 is 0. The second-order valence-electron chi connectivity index (χ2n) is 6.30. The van der Waals surface area contributed by atoms with Crippen LogP contribution in [0.5, 0.6) is 0 Å². The van der Waals surface area contributed by atoms with E-state index in [9.17, 15) is 0 Å². The van der Waals surface area contributed by atoms with Crippen LogP contribution >= 0.6 is 0 Å². The van der Waals surface area contributed by atoms with Crippen LogP contribution < -0.4 is 11.1 Å². The first-order valence-electron chi connectivity index (χ1n) is 7.37. The number of aromatic nitrogens is 1. The molecule has 1 unspecified atom stereocenters. The van der Waals surface area contributed by atoms with Gasteiger partial charge in [-0.1, -0.05) is 40.2 Å². The van der Waals surface area contributed by atoms with Crippen LogP contribution in [-0.4, -0.2) is 18.1 Å². The van der Waals surface area contributed by atoms with Gasteiger partial charge in [-0.05, 0) is 42.3 Å². The zero-order valence-corrected chi connectivity index (χ0v) is 12.9. The summed E-state index contributed by atoms with van der Waals surface area (Å²) in [5, 5.41) is 3.43. The monoisotopic (exact) mass is 263 g/mol. The van der Waals surface area contributed by atoms with E-state index in [-0.39, 0.29) is 5.41 Å². The van der Waals surface area contributed by atoms with Gasteiger partial charge in [0, 0.05) is 12.7 Å². The molecule has 3 nitrogen and oxygen atoms in total. The SMILES string of the molecule is CCCC(CCN)CNc1ccc(C(C)(C)C)cn1. The zero-order valence-electron chi connectivity index (χ0n) is 12.9. The number of rotatable bonds is 7. The standard InChI is InChI=1S/C16H29N3/c1-5-6-13(9-10-17)11-18-15-8-7-14(12-19-15)16(2,3)4/h7-8,12-13H,5-6,9-11,17H2,1-4H3,(H,18,19). The first-order valence-corrected chi connectivity index (χ1v) is 7.37. The van der Waals surface area contributed by atoms with Crippen molar-refractivity contribution in [2.24, 2.45) is 11.7 Å². The van der Waals surface area contributed by atoms with Crippen molar-refractivity contribution >= 4 is 5.82 Å². The van der Waals surface area contributed by atoms with Crippen molar-refractivity contribution in [1.29, 1.82) is 0 Å². The molecular weight excluding hydrogens is 234 g/mol. The quantitative estimate of drug-likeness (QED) is 0.791. The molecule has 0 amide bonds. The minimum absolute atomic E-state index is 0.163. The molecular formula is C16H29N3. The Hall–Kier alpha value is -1.09. The lowest BCUT2D eigenvalue weighted by atomic mass is 9.88. The maximum atomic E-state index is 5.65. The van der Waals surface area contributed by atoms with Gasteiger partial charge in [-0.15, -0.1) is 0 Å². The van der Waals surface area contributed by atoms with Gasteiger partial charge in [0.05, 0.1) is 0 Å². The molecule has 1 heterocycles. The third-order valence-electron chi connectivity index (χ3n) is 3.47. The molecule has 0 fully saturated rings.